The van der Waals surface area contributed by atoms with Gasteiger partial charge in [0.25, 0.3) is 0 Å². The molecule has 4 rings (SSSR count). The zero-order valence-electron chi connectivity index (χ0n) is 13.0. The molecule has 1 N–H and O–H groups in total. The van der Waals surface area contributed by atoms with Crippen molar-refractivity contribution in [2.45, 2.75) is 12.6 Å². The van der Waals surface area contributed by atoms with E-state index in [4.69, 9.17) is 4.98 Å². The molecule has 116 valence electrons. The summed E-state index contributed by atoms with van der Waals surface area (Å²) in [5.41, 5.74) is 2.35. The van der Waals surface area contributed by atoms with Crippen LogP contribution in [0.4, 0.5) is 0 Å². The minimum atomic E-state index is 0.216. The van der Waals surface area contributed by atoms with Gasteiger partial charge >= 0.3 is 0 Å². The highest BCUT2D eigenvalue weighted by Crippen LogP contribution is 2.23. The summed E-state index contributed by atoms with van der Waals surface area (Å²) in [5, 5.41) is 4.57. The van der Waals surface area contributed by atoms with Gasteiger partial charge in [0, 0.05) is 37.8 Å². The summed E-state index contributed by atoms with van der Waals surface area (Å²) in [4.78, 5) is 11.9. The molecule has 1 aliphatic rings. The zero-order valence-corrected chi connectivity index (χ0v) is 13.0. The minimum Gasteiger partial charge on any atom is -0.313 e. The Morgan fingerprint density at radius 1 is 1.04 bits per heavy atom. The molecule has 1 aromatic heterocycles. The summed E-state index contributed by atoms with van der Waals surface area (Å²) < 4.78 is 0. The van der Waals surface area contributed by atoms with Crippen molar-refractivity contribution in [3.8, 4) is 0 Å². The lowest BCUT2D eigenvalue weighted by Gasteiger charge is -2.35. The molecule has 0 radical (unpaired) electrons. The number of rotatable bonds is 3. The quantitative estimate of drug-likeness (QED) is 0.808. The number of piperazine rings is 1. The highest BCUT2D eigenvalue weighted by molar-refractivity contribution is 5.77. The molecule has 1 unspecified atom stereocenters. The fraction of sp³-hybridized carbons (Fsp3) is 0.263. The summed E-state index contributed by atoms with van der Waals surface area (Å²) >= 11 is 0. The van der Waals surface area contributed by atoms with Crippen LogP contribution in [-0.4, -0.2) is 34.5 Å². The molecule has 23 heavy (non-hydrogen) atoms. The van der Waals surface area contributed by atoms with Gasteiger partial charge in [-0.15, -0.1) is 0 Å². The molecule has 1 fully saturated rings. The van der Waals surface area contributed by atoms with Gasteiger partial charge in [0.05, 0.1) is 11.6 Å². The van der Waals surface area contributed by atoms with Crippen molar-refractivity contribution in [3.63, 3.8) is 0 Å². The molecule has 4 heteroatoms. The second kappa shape index (κ2) is 6.44. The lowest BCUT2D eigenvalue weighted by atomic mass is 10.1. The third-order valence-corrected chi connectivity index (χ3v) is 4.39. The van der Waals surface area contributed by atoms with E-state index in [1.807, 2.05) is 18.3 Å². The SMILES string of the molecule is c1ccc(CN2CCNCC2c2ncc3ccccc3n2)cc1. The average Bonchev–Trinajstić information content (AvgIpc) is 2.63. The van der Waals surface area contributed by atoms with Gasteiger partial charge in [-0.1, -0.05) is 48.5 Å². The first-order valence-corrected chi connectivity index (χ1v) is 8.10. The average molecular weight is 304 g/mol. The number of aromatic nitrogens is 2. The highest BCUT2D eigenvalue weighted by atomic mass is 15.2. The fourth-order valence-corrected chi connectivity index (χ4v) is 3.16. The van der Waals surface area contributed by atoms with E-state index in [-0.39, 0.29) is 6.04 Å². The standard InChI is InChI=1S/C19H20N4/c1-2-6-15(7-3-1)14-23-11-10-20-13-18(23)19-21-12-16-8-4-5-9-17(16)22-19/h1-9,12,18,20H,10-11,13-14H2. The van der Waals surface area contributed by atoms with Crippen molar-refractivity contribution in [3.05, 3.63) is 72.2 Å². The number of nitrogens with one attached hydrogen (secondary N) is 1. The Morgan fingerprint density at radius 3 is 2.78 bits per heavy atom. The molecular formula is C19H20N4. The largest absolute Gasteiger partial charge is 0.313 e. The van der Waals surface area contributed by atoms with Gasteiger partial charge in [-0.05, 0) is 11.6 Å². The maximum absolute atomic E-state index is 4.80. The van der Waals surface area contributed by atoms with Crippen LogP contribution in [0.1, 0.15) is 17.4 Å². The molecule has 3 aromatic rings. The summed E-state index contributed by atoms with van der Waals surface area (Å²) in [6.07, 6.45) is 1.94. The van der Waals surface area contributed by atoms with Crippen LogP contribution in [0.15, 0.2) is 60.8 Å². The molecule has 0 aliphatic carbocycles. The molecule has 2 heterocycles. The van der Waals surface area contributed by atoms with Crippen molar-refractivity contribution >= 4 is 10.9 Å². The van der Waals surface area contributed by atoms with Gasteiger partial charge < -0.3 is 5.32 Å². The maximum Gasteiger partial charge on any atom is 0.147 e. The van der Waals surface area contributed by atoms with Crippen LogP contribution in [0.3, 0.4) is 0 Å². The van der Waals surface area contributed by atoms with E-state index in [0.29, 0.717) is 0 Å². The topological polar surface area (TPSA) is 41.0 Å². The second-order valence-corrected chi connectivity index (χ2v) is 5.96. The summed E-state index contributed by atoms with van der Waals surface area (Å²) in [6, 6.07) is 19.0. The molecule has 0 bridgehead atoms. The van der Waals surface area contributed by atoms with Crippen LogP contribution in [0.5, 0.6) is 0 Å². The Kier molecular flexibility index (Phi) is 4.01. The van der Waals surface area contributed by atoms with E-state index >= 15 is 0 Å². The first-order chi connectivity index (χ1) is 11.4. The Morgan fingerprint density at radius 2 is 1.87 bits per heavy atom. The second-order valence-electron chi connectivity index (χ2n) is 5.96. The fourth-order valence-electron chi connectivity index (χ4n) is 3.16. The van der Waals surface area contributed by atoms with Crippen LogP contribution in [0.25, 0.3) is 10.9 Å². The molecule has 0 amide bonds. The Labute approximate surface area is 136 Å². The monoisotopic (exact) mass is 304 g/mol. The summed E-state index contributed by atoms with van der Waals surface area (Å²) in [6.45, 7) is 3.85. The third-order valence-electron chi connectivity index (χ3n) is 4.39. The summed E-state index contributed by atoms with van der Waals surface area (Å²) in [5.74, 6) is 0.909. The third kappa shape index (κ3) is 3.09. The lowest BCUT2D eigenvalue weighted by Crippen LogP contribution is -2.46. The van der Waals surface area contributed by atoms with Crippen LogP contribution in [0.2, 0.25) is 0 Å². The molecule has 4 nitrogen and oxygen atoms in total. The van der Waals surface area contributed by atoms with Crippen LogP contribution < -0.4 is 5.32 Å². The van der Waals surface area contributed by atoms with E-state index in [2.05, 4.69) is 57.7 Å². The first kappa shape index (κ1) is 14.3. The van der Waals surface area contributed by atoms with Gasteiger partial charge in [-0.25, -0.2) is 9.97 Å². The number of hydrogen-bond donors (Lipinski definition) is 1. The smallest absolute Gasteiger partial charge is 0.147 e. The van der Waals surface area contributed by atoms with Crippen molar-refractivity contribution in [2.24, 2.45) is 0 Å². The number of para-hydroxylation sites is 1. The molecule has 1 saturated heterocycles. The van der Waals surface area contributed by atoms with Gasteiger partial charge in [0.1, 0.15) is 5.82 Å². The van der Waals surface area contributed by atoms with Crippen molar-refractivity contribution in [1.82, 2.24) is 20.2 Å². The molecule has 1 atom stereocenters. The molecule has 2 aromatic carbocycles. The van der Waals surface area contributed by atoms with E-state index < -0.39 is 0 Å². The number of fused-ring (bicyclic) bond motifs is 1. The van der Waals surface area contributed by atoms with Crippen LogP contribution >= 0.6 is 0 Å². The van der Waals surface area contributed by atoms with Gasteiger partial charge in [-0.3, -0.25) is 4.90 Å². The van der Waals surface area contributed by atoms with Crippen molar-refractivity contribution in [2.75, 3.05) is 19.6 Å². The van der Waals surface area contributed by atoms with E-state index in [1.54, 1.807) is 0 Å². The molecule has 0 saturated carbocycles. The number of hydrogen-bond acceptors (Lipinski definition) is 4. The van der Waals surface area contributed by atoms with E-state index in [0.717, 1.165) is 42.9 Å². The predicted molar refractivity (Wildman–Crippen MR) is 92.0 cm³/mol. The number of benzene rings is 2. The number of nitrogens with zero attached hydrogens (tertiary/aromatic N) is 3. The molecular weight excluding hydrogens is 284 g/mol. The highest BCUT2D eigenvalue weighted by Gasteiger charge is 2.26. The van der Waals surface area contributed by atoms with E-state index in [1.165, 1.54) is 5.56 Å². The maximum atomic E-state index is 4.80. The summed E-state index contributed by atoms with van der Waals surface area (Å²) in [7, 11) is 0. The predicted octanol–water partition coefficient (Wildman–Crippen LogP) is 2.78. The van der Waals surface area contributed by atoms with E-state index in [9.17, 15) is 0 Å². The zero-order chi connectivity index (χ0) is 15.5. The Balaban J connectivity index is 1.63. The normalized spacial score (nSPS) is 19.0. The first-order valence-electron chi connectivity index (χ1n) is 8.10. The van der Waals surface area contributed by atoms with Gasteiger partial charge in [0.15, 0.2) is 0 Å². The van der Waals surface area contributed by atoms with Crippen molar-refractivity contribution in [1.29, 1.82) is 0 Å². The van der Waals surface area contributed by atoms with Crippen molar-refractivity contribution < 1.29 is 0 Å². The minimum absolute atomic E-state index is 0.216. The Bertz CT molecular complexity index is 787. The van der Waals surface area contributed by atoms with Gasteiger partial charge in [0.2, 0.25) is 0 Å². The van der Waals surface area contributed by atoms with Crippen LogP contribution in [-0.2, 0) is 6.54 Å². The molecule has 1 aliphatic heterocycles. The van der Waals surface area contributed by atoms with Gasteiger partial charge in [-0.2, -0.15) is 0 Å². The lowest BCUT2D eigenvalue weighted by molar-refractivity contribution is 0.147. The molecule has 0 spiro atoms. The van der Waals surface area contributed by atoms with Crippen LogP contribution in [0, 0.1) is 0 Å². The Hall–Kier alpha value is -2.30.